The topological polar surface area (TPSA) is 79.6 Å². The first-order valence-electron chi connectivity index (χ1n) is 6.74. The number of nitrogens with zero attached hydrogens (tertiary/aromatic N) is 2. The Morgan fingerprint density at radius 3 is 2.86 bits per heavy atom. The highest BCUT2D eigenvalue weighted by atomic mass is 79.9. The molecule has 0 aliphatic rings. The van der Waals surface area contributed by atoms with Crippen molar-refractivity contribution in [2.45, 2.75) is 0 Å². The van der Waals surface area contributed by atoms with Gasteiger partial charge >= 0.3 is 0 Å². The molecule has 0 saturated heterocycles. The number of fused-ring (bicyclic) bond motifs is 2. The molecule has 0 fully saturated rings. The fourth-order valence-corrected chi connectivity index (χ4v) is 2.92. The number of halogens is 1. The Labute approximate surface area is 134 Å². The monoisotopic (exact) mass is 353 g/mol. The number of H-pyrrole nitrogens is 1. The predicted octanol–water partition coefficient (Wildman–Crippen LogP) is 4.20. The summed E-state index contributed by atoms with van der Waals surface area (Å²) >= 11 is 3.53. The summed E-state index contributed by atoms with van der Waals surface area (Å²) in [6.07, 6.45) is 3.47. The number of anilines is 3. The van der Waals surface area contributed by atoms with Crippen LogP contribution in [0.2, 0.25) is 0 Å². The first-order valence-corrected chi connectivity index (χ1v) is 7.54. The van der Waals surface area contributed by atoms with Crippen LogP contribution < -0.4 is 11.1 Å². The molecule has 108 valence electrons. The maximum Gasteiger partial charge on any atom is 0.141 e. The van der Waals surface area contributed by atoms with Gasteiger partial charge in [-0.3, -0.25) is 0 Å². The van der Waals surface area contributed by atoms with E-state index < -0.39 is 0 Å². The minimum absolute atomic E-state index is 0.689. The summed E-state index contributed by atoms with van der Waals surface area (Å²) in [5.74, 6) is 0.739. The second-order valence-corrected chi connectivity index (χ2v) is 5.88. The molecule has 0 aliphatic heterocycles. The molecule has 2 heterocycles. The average Bonchev–Trinajstić information content (AvgIpc) is 2.89. The maximum absolute atomic E-state index is 5.87. The van der Waals surface area contributed by atoms with Gasteiger partial charge in [0.25, 0.3) is 0 Å². The molecule has 0 radical (unpaired) electrons. The largest absolute Gasteiger partial charge is 0.399 e. The number of aromatic amines is 1. The third-order valence-corrected chi connectivity index (χ3v) is 4.21. The van der Waals surface area contributed by atoms with Crippen molar-refractivity contribution in [1.29, 1.82) is 0 Å². The van der Waals surface area contributed by atoms with Crippen LogP contribution in [0, 0.1) is 0 Å². The van der Waals surface area contributed by atoms with Gasteiger partial charge in [0, 0.05) is 38.3 Å². The fourth-order valence-electron chi connectivity index (χ4n) is 2.47. The lowest BCUT2D eigenvalue weighted by Gasteiger charge is -2.09. The van der Waals surface area contributed by atoms with Gasteiger partial charge in [-0.25, -0.2) is 9.97 Å². The first kappa shape index (κ1) is 13.1. The molecule has 0 unspecified atom stereocenters. The van der Waals surface area contributed by atoms with E-state index in [9.17, 15) is 0 Å². The van der Waals surface area contributed by atoms with Crippen molar-refractivity contribution in [3.05, 3.63) is 53.4 Å². The molecular formula is C16H12BrN5. The van der Waals surface area contributed by atoms with E-state index in [4.69, 9.17) is 5.73 Å². The molecule has 2 aromatic heterocycles. The SMILES string of the molecule is Nc1ccc2ncnc(Nc3ccc4[nH]cc(Br)c4c3)c2c1. The normalized spacial score (nSPS) is 11.1. The summed E-state index contributed by atoms with van der Waals surface area (Å²) in [4.78, 5) is 11.8. The highest BCUT2D eigenvalue weighted by molar-refractivity contribution is 9.10. The van der Waals surface area contributed by atoms with Gasteiger partial charge in [0.05, 0.1) is 5.52 Å². The second kappa shape index (κ2) is 4.99. The summed E-state index contributed by atoms with van der Waals surface area (Å²) in [7, 11) is 0. The second-order valence-electron chi connectivity index (χ2n) is 5.02. The van der Waals surface area contributed by atoms with Crippen molar-refractivity contribution in [2.24, 2.45) is 0 Å². The Kier molecular flexibility index (Phi) is 2.97. The summed E-state index contributed by atoms with van der Waals surface area (Å²) in [5, 5.41) is 5.35. The van der Waals surface area contributed by atoms with Crippen LogP contribution in [0.4, 0.5) is 17.2 Å². The van der Waals surface area contributed by atoms with Gasteiger partial charge in [-0.2, -0.15) is 0 Å². The minimum atomic E-state index is 0.689. The zero-order chi connectivity index (χ0) is 15.1. The van der Waals surface area contributed by atoms with Crippen LogP contribution in [0.25, 0.3) is 21.8 Å². The van der Waals surface area contributed by atoms with Crippen LogP contribution >= 0.6 is 15.9 Å². The molecule has 4 aromatic rings. The van der Waals surface area contributed by atoms with Crippen molar-refractivity contribution in [3.63, 3.8) is 0 Å². The number of nitrogens with one attached hydrogen (secondary N) is 2. The smallest absolute Gasteiger partial charge is 0.141 e. The third-order valence-electron chi connectivity index (χ3n) is 3.55. The first-order chi connectivity index (χ1) is 10.7. The van der Waals surface area contributed by atoms with Crippen molar-refractivity contribution >= 4 is 54.9 Å². The van der Waals surface area contributed by atoms with Gasteiger partial charge in [0.1, 0.15) is 12.1 Å². The molecule has 5 nitrogen and oxygen atoms in total. The molecule has 6 heteroatoms. The Morgan fingerprint density at radius 1 is 1.05 bits per heavy atom. The number of nitrogens with two attached hydrogens (primary N) is 1. The van der Waals surface area contributed by atoms with Crippen LogP contribution in [0.15, 0.2) is 53.4 Å². The van der Waals surface area contributed by atoms with E-state index in [1.807, 2.05) is 36.5 Å². The minimum Gasteiger partial charge on any atom is -0.399 e. The van der Waals surface area contributed by atoms with Gasteiger partial charge in [-0.1, -0.05) is 0 Å². The standard InChI is InChI=1S/C16H12BrN5/c17-13-7-19-14-4-2-10(6-11(13)14)22-16-12-5-9(18)1-3-15(12)20-8-21-16/h1-8,19H,18H2,(H,20,21,22). The van der Waals surface area contributed by atoms with E-state index in [1.165, 1.54) is 0 Å². The van der Waals surface area contributed by atoms with Crippen molar-refractivity contribution in [2.75, 3.05) is 11.1 Å². The quantitative estimate of drug-likeness (QED) is 0.472. The van der Waals surface area contributed by atoms with Crippen LogP contribution in [-0.2, 0) is 0 Å². The summed E-state index contributed by atoms with van der Waals surface area (Å²) in [6.45, 7) is 0. The highest BCUT2D eigenvalue weighted by Gasteiger charge is 2.06. The molecule has 0 saturated carbocycles. The Bertz CT molecular complexity index is 992. The van der Waals surface area contributed by atoms with E-state index in [-0.39, 0.29) is 0 Å². The maximum atomic E-state index is 5.87. The van der Waals surface area contributed by atoms with Crippen LogP contribution in [0.3, 0.4) is 0 Å². The fraction of sp³-hybridized carbons (Fsp3) is 0. The number of nitrogen functional groups attached to an aromatic ring is 1. The number of aromatic nitrogens is 3. The van der Waals surface area contributed by atoms with Crippen molar-refractivity contribution < 1.29 is 0 Å². The summed E-state index contributed by atoms with van der Waals surface area (Å²) < 4.78 is 1.03. The predicted molar refractivity (Wildman–Crippen MR) is 93.2 cm³/mol. The van der Waals surface area contributed by atoms with Gasteiger partial charge < -0.3 is 16.0 Å². The zero-order valence-electron chi connectivity index (χ0n) is 11.5. The van der Waals surface area contributed by atoms with E-state index in [0.717, 1.165) is 37.8 Å². The van der Waals surface area contributed by atoms with Crippen LogP contribution in [0.1, 0.15) is 0 Å². The molecule has 22 heavy (non-hydrogen) atoms. The molecule has 4 N–H and O–H groups in total. The molecular weight excluding hydrogens is 342 g/mol. The van der Waals surface area contributed by atoms with Gasteiger partial charge in [0.15, 0.2) is 0 Å². The Morgan fingerprint density at radius 2 is 1.95 bits per heavy atom. The van der Waals surface area contributed by atoms with E-state index in [1.54, 1.807) is 6.33 Å². The molecule has 0 aliphatic carbocycles. The van der Waals surface area contributed by atoms with E-state index in [2.05, 4.69) is 42.3 Å². The van der Waals surface area contributed by atoms with Crippen LogP contribution in [0.5, 0.6) is 0 Å². The van der Waals surface area contributed by atoms with Crippen LogP contribution in [-0.4, -0.2) is 15.0 Å². The zero-order valence-corrected chi connectivity index (χ0v) is 13.1. The van der Waals surface area contributed by atoms with Gasteiger partial charge in [-0.05, 0) is 52.3 Å². The van der Waals surface area contributed by atoms with E-state index >= 15 is 0 Å². The molecule has 2 aromatic carbocycles. The Balaban J connectivity index is 1.81. The van der Waals surface area contributed by atoms with Crippen molar-refractivity contribution in [1.82, 2.24) is 15.0 Å². The average molecular weight is 354 g/mol. The number of rotatable bonds is 2. The lowest BCUT2D eigenvalue weighted by Crippen LogP contribution is -1.96. The third kappa shape index (κ3) is 2.17. The molecule has 0 spiro atoms. The highest BCUT2D eigenvalue weighted by Crippen LogP contribution is 2.29. The lowest BCUT2D eigenvalue weighted by molar-refractivity contribution is 1.22. The van der Waals surface area contributed by atoms with Crippen molar-refractivity contribution in [3.8, 4) is 0 Å². The number of hydrogen-bond donors (Lipinski definition) is 3. The molecule has 0 atom stereocenters. The van der Waals surface area contributed by atoms with Gasteiger partial charge in [0.2, 0.25) is 0 Å². The molecule has 4 rings (SSSR count). The Hall–Kier alpha value is -2.60. The number of benzene rings is 2. The summed E-state index contributed by atoms with van der Waals surface area (Å²) in [5.41, 5.74) is 9.45. The summed E-state index contributed by atoms with van der Waals surface area (Å²) in [6, 6.07) is 11.7. The molecule has 0 bridgehead atoms. The lowest BCUT2D eigenvalue weighted by atomic mass is 10.2. The molecule has 0 amide bonds. The number of hydrogen-bond acceptors (Lipinski definition) is 4. The van der Waals surface area contributed by atoms with E-state index in [0.29, 0.717) is 5.69 Å². The van der Waals surface area contributed by atoms with Gasteiger partial charge in [-0.15, -0.1) is 0 Å².